The van der Waals surface area contributed by atoms with Crippen molar-refractivity contribution in [2.24, 2.45) is 0 Å². The number of halogens is 2. The third kappa shape index (κ3) is 4.12. The molecule has 0 aromatic heterocycles. The number of hydrogen-bond donors (Lipinski definition) is 4. The van der Waals surface area contributed by atoms with E-state index in [4.69, 9.17) is 20.1 Å². The minimum atomic E-state index is -1.58. The lowest BCUT2D eigenvalue weighted by Crippen LogP contribution is -2.58. The molecule has 0 aliphatic heterocycles. The van der Waals surface area contributed by atoms with Crippen LogP contribution >= 0.6 is 0 Å². The van der Waals surface area contributed by atoms with Crippen molar-refractivity contribution in [2.75, 3.05) is 26.4 Å². The average Bonchev–Trinajstić information content (AvgIpc) is 2.44. The molecule has 0 saturated carbocycles. The zero-order chi connectivity index (χ0) is 15.2. The van der Waals surface area contributed by atoms with Gasteiger partial charge < -0.3 is 25.4 Å². The van der Waals surface area contributed by atoms with Crippen LogP contribution in [0, 0.1) is 11.6 Å². The second-order valence-corrected chi connectivity index (χ2v) is 4.17. The van der Waals surface area contributed by atoms with Crippen LogP contribution in [0.15, 0.2) is 18.2 Å². The molecule has 0 radical (unpaired) electrons. The summed E-state index contributed by atoms with van der Waals surface area (Å²) < 4.78 is 30.7. The summed E-state index contributed by atoms with van der Waals surface area (Å²) in [7, 11) is 0. The topological polar surface area (TPSA) is 99.0 Å². The Kier molecular flexibility index (Phi) is 5.81. The first kappa shape index (κ1) is 16.3. The molecule has 0 unspecified atom stereocenters. The number of carbonyl (C=O) groups is 1. The molecule has 0 fully saturated rings. The molecule has 6 nitrogen and oxygen atoms in total. The van der Waals surface area contributed by atoms with Crippen LogP contribution in [0.4, 0.5) is 8.78 Å². The Hall–Kier alpha value is -1.77. The lowest BCUT2D eigenvalue weighted by atomic mass is 10.0. The molecule has 1 aromatic rings. The van der Waals surface area contributed by atoms with Gasteiger partial charge >= 0.3 is 0 Å². The van der Waals surface area contributed by atoms with E-state index in [0.29, 0.717) is 6.07 Å². The molecule has 0 spiro atoms. The van der Waals surface area contributed by atoms with Gasteiger partial charge in [-0.2, -0.15) is 0 Å². The quantitative estimate of drug-likeness (QED) is 0.526. The van der Waals surface area contributed by atoms with Crippen molar-refractivity contribution < 1.29 is 33.6 Å². The summed E-state index contributed by atoms with van der Waals surface area (Å²) in [6, 6.07) is 2.60. The number of hydrogen-bond acceptors (Lipinski definition) is 5. The molecule has 1 amide bonds. The fourth-order valence-electron chi connectivity index (χ4n) is 1.34. The third-order valence-electron chi connectivity index (χ3n) is 2.57. The second kappa shape index (κ2) is 7.13. The van der Waals surface area contributed by atoms with E-state index in [2.05, 4.69) is 5.32 Å². The fraction of sp³-hybridized carbons (Fsp3) is 0.417. The van der Waals surface area contributed by atoms with E-state index in [1.54, 1.807) is 0 Å². The first-order valence-corrected chi connectivity index (χ1v) is 5.68. The maximum atomic E-state index is 13.2. The number of nitrogens with one attached hydrogen (secondary N) is 1. The molecule has 1 aromatic carbocycles. The Morgan fingerprint density at radius 3 is 2.30 bits per heavy atom. The van der Waals surface area contributed by atoms with Gasteiger partial charge in [0.25, 0.3) is 5.91 Å². The maximum Gasteiger partial charge on any atom is 0.258 e. The average molecular weight is 291 g/mol. The van der Waals surface area contributed by atoms with Gasteiger partial charge in [-0.1, -0.05) is 0 Å². The fourth-order valence-corrected chi connectivity index (χ4v) is 1.34. The molecule has 20 heavy (non-hydrogen) atoms. The van der Waals surface area contributed by atoms with Crippen molar-refractivity contribution in [2.45, 2.75) is 5.54 Å². The van der Waals surface area contributed by atoms with E-state index >= 15 is 0 Å². The summed E-state index contributed by atoms with van der Waals surface area (Å²) in [6.07, 6.45) is 0. The Balaban J connectivity index is 2.59. The molecule has 0 aliphatic carbocycles. The van der Waals surface area contributed by atoms with E-state index in [9.17, 15) is 13.6 Å². The molecule has 4 N–H and O–H groups in total. The van der Waals surface area contributed by atoms with Gasteiger partial charge in [0.15, 0.2) is 18.2 Å². The van der Waals surface area contributed by atoms with Gasteiger partial charge in [-0.25, -0.2) is 8.78 Å². The van der Waals surface area contributed by atoms with Crippen molar-refractivity contribution in [1.29, 1.82) is 0 Å². The minimum absolute atomic E-state index is 0.316. The molecule has 0 aliphatic rings. The zero-order valence-electron chi connectivity index (χ0n) is 10.5. The van der Waals surface area contributed by atoms with E-state index < -0.39 is 49.5 Å². The Morgan fingerprint density at radius 2 is 1.80 bits per heavy atom. The summed E-state index contributed by atoms with van der Waals surface area (Å²) in [4.78, 5) is 11.5. The molecular formula is C12H15F2NO5. The third-order valence-corrected chi connectivity index (χ3v) is 2.57. The van der Waals surface area contributed by atoms with Crippen LogP contribution in [0.25, 0.3) is 0 Å². The van der Waals surface area contributed by atoms with Crippen LogP contribution in [0.5, 0.6) is 5.75 Å². The molecule has 0 heterocycles. The molecule has 0 bridgehead atoms. The first-order chi connectivity index (χ1) is 9.46. The Morgan fingerprint density at radius 1 is 1.20 bits per heavy atom. The molecule has 8 heteroatoms. The minimum Gasteiger partial charge on any atom is -0.481 e. The second-order valence-electron chi connectivity index (χ2n) is 4.17. The Labute approximate surface area is 113 Å². The van der Waals surface area contributed by atoms with Crippen LogP contribution in [-0.4, -0.2) is 53.2 Å². The molecule has 112 valence electrons. The molecule has 1 rings (SSSR count). The SMILES string of the molecule is O=C(COc1ccc(F)cc1F)NC(CO)(CO)CO. The van der Waals surface area contributed by atoms with Crippen LogP contribution in [-0.2, 0) is 4.79 Å². The van der Waals surface area contributed by atoms with E-state index in [-0.39, 0.29) is 5.75 Å². The highest BCUT2D eigenvalue weighted by atomic mass is 19.1. The van der Waals surface area contributed by atoms with Gasteiger partial charge in [-0.05, 0) is 12.1 Å². The highest BCUT2D eigenvalue weighted by molar-refractivity contribution is 5.78. The van der Waals surface area contributed by atoms with Crippen LogP contribution in [0.1, 0.15) is 0 Å². The Bertz CT molecular complexity index is 457. The van der Waals surface area contributed by atoms with Crippen LogP contribution < -0.4 is 10.1 Å². The van der Waals surface area contributed by atoms with Crippen molar-refractivity contribution in [3.05, 3.63) is 29.8 Å². The summed E-state index contributed by atoms with van der Waals surface area (Å²) in [5.74, 6) is -2.84. The smallest absolute Gasteiger partial charge is 0.258 e. The summed E-state index contributed by atoms with van der Waals surface area (Å²) in [6.45, 7) is -2.67. The van der Waals surface area contributed by atoms with Crippen molar-refractivity contribution in [3.63, 3.8) is 0 Å². The highest BCUT2D eigenvalue weighted by Gasteiger charge is 2.30. The number of aliphatic hydroxyl groups excluding tert-OH is 3. The largest absolute Gasteiger partial charge is 0.481 e. The van der Waals surface area contributed by atoms with Crippen molar-refractivity contribution in [3.8, 4) is 5.75 Å². The number of ether oxygens (including phenoxy) is 1. The van der Waals surface area contributed by atoms with Crippen molar-refractivity contribution >= 4 is 5.91 Å². The number of carbonyl (C=O) groups excluding carboxylic acids is 1. The van der Waals surface area contributed by atoms with Gasteiger partial charge in [-0.15, -0.1) is 0 Å². The van der Waals surface area contributed by atoms with E-state index in [1.165, 1.54) is 0 Å². The van der Waals surface area contributed by atoms with Crippen LogP contribution in [0.3, 0.4) is 0 Å². The summed E-state index contributed by atoms with van der Waals surface area (Å²) in [5, 5.41) is 29.2. The number of aliphatic hydroxyl groups is 3. The summed E-state index contributed by atoms with van der Waals surface area (Å²) >= 11 is 0. The van der Waals surface area contributed by atoms with E-state index in [0.717, 1.165) is 12.1 Å². The predicted molar refractivity (Wildman–Crippen MR) is 64.0 cm³/mol. The zero-order valence-corrected chi connectivity index (χ0v) is 10.5. The standard InChI is InChI=1S/C12H15F2NO5/c13-8-1-2-10(9(14)3-8)20-4-11(19)15-12(5-16,6-17)7-18/h1-3,16-18H,4-7H2,(H,15,19). The normalized spacial score (nSPS) is 11.2. The lowest BCUT2D eigenvalue weighted by Gasteiger charge is -2.28. The van der Waals surface area contributed by atoms with Gasteiger partial charge in [0.1, 0.15) is 11.4 Å². The maximum absolute atomic E-state index is 13.2. The first-order valence-electron chi connectivity index (χ1n) is 5.68. The predicted octanol–water partition coefficient (Wildman–Crippen LogP) is -0.825. The number of amides is 1. The van der Waals surface area contributed by atoms with Gasteiger partial charge in [-0.3, -0.25) is 4.79 Å². The number of rotatable bonds is 7. The highest BCUT2D eigenvalue weighted by Crippen LogP contribution is 2.17. The van der Waals surface area contributed by atoms with Gasteiger partial charge in [0.2, 0.25) is 0 Å². The monoisotopic (exact) mass is 291 g/mol. The van der Waals surface area contributed by atoms with Gasteiger partial charge in [0, 0.05) is 6.07 Å². The van der Waals surface area contributed by atoms with Gasteiger partial charge in [0.05, 0.1) is 19.8 Å². The lowest BCUT2D eigenvalue weighted by molar-refractivity contribution is -0.127. The summed E-state index contributed by atoms with van der Waals surface area (Å²) in [5.41, 5.74) is -1.58. The number of benzene rings is 1. The molecule has 0 atom stereocenters. The van der Waals surface area contributed by atoms with Crippen molar-refractivity contribution in [1.82, 2.24) is 5.32 Å². The van der Waals surface area contributed by atoms with E-state index in [1.807, 2.05) is 0 Å². The molecular weight excluding hydrogens is 276 g/mol. The molecule has 0 saturated heterocycles. The van der Waals surface area contributed by atoms with Crippen LogP contribution in [0.2, 0.25) is 0 Å².